The van der Waals surface area contributed by atoms with Crippen LogP contribution in [0, 0.1) is 0 Å². The van der Waals surface area contributed by atoms with Crippen molar-refractivity contribution in [1.82, 2.24) is 10.2 Å². The van der Waals surface area contributed by atoms with Gasteiger partial charge in [-0.1, -0.05) is 0 Å². The lowest BCUT2D eigenvalue weighted by Crippen LogP contribution is -2.43. The van der Waals surface area contributed by atoms with Crippen LogP contribution in [0.3, 0.4) is 0 Å². The van der Waals surface area contributed by atoms with Crippen LogP contribution in [0.15, 0.2) is 0 Å². The Morgan fingerprint density at radius 3 is 2.25 bits per heavy atom. The Kier molecular flexibility index (Phi) is 4.28. The highest BCUT2D eigenvalue weighted by Gasteiger charge is 2.17. The lowest BCUT2D eigenvalue weighted by atomic mass is 10.3. The van der Waals surface area contributed by atoms with Crippen LogP contribution in [0.25, 0.3) is 0 Å². The average molecular weight is 174 g/mol. The van der Waals surface area contributed by atoms with Gasteiger partial charge in [0.1, 0.15) is 0 Å². The van der Waals surface area contributed by atoms with E-state index in [9.17, 15) is 9.59 Å². The number of nitrogens with zero attached hydrogens (tertiary/aromatic N) is 1. The number of alkyl carbamates (subject to hydrolysis) is 1. The molecule has 0 aromatic rings. The number of rotatable bonds is 2. The van der Waals surface area contributed by atoms with E-state index in [0.29, 0.717) is 0 Å². The average Bonchev–Trinajstić information content (AvgIpc) is 2.02. The highest BCUT2D eigenvalue weighted by Crippen LogP contribution is 1.90. The third kappa shape index (κ3) is 3.34. The monoisotopic (exact) mass is 174 g/mol. The minimum Gasteiger partial charge on any atom is -0.453 e. The zero-order valence-corrected chi connectivity index (χ0v) is 7.75. The molecule has 12 heavy (non-hydrogen) atoms. The zero-order valence-electron chi connectivity index (χ0n) is 7.75. The molecule has 0 aromatic heterocycles. The summed E-state index contributed by atoms with van der Waals surface area (Å²) in [6.45, 7) is 1.69. The third-order valence-electron chi connectivity index (χ3n) is 1.56. The number of methoxy groups -OCH3 is 1. The van der Waals surface area contributed by atoms with E-state index in [2.05, 4.69) is 10.1 Å². The van der Waals surface area contributed by atoms with Crippen LogP contribution in [0.4, 0.5) is 4.79 Å². The molecule has 70 valence electrons. The number of hydrogen-bond acceptors (Lipinski definition) is 4. The minimum absolute atomic E-state index is 0.343. The molecular weight excluding hydrogens is 160 g/mol. The second-order valence-electron chi connectivity index (χ2n) is 2.62. The second-order valence-corrected chi connectivity index (χ2v) is 2.62. The summed E-state index contributed by atoms with van der Waals surface area (Å²) in [6, 6.07) is -0.343. The molecule has 0 fully saturated rings. The maximum atomic E-state index is 11.1. The first-order valence-corrected chi connectivity index (χ1v) is 3.54. The fraction of sp³-hybridized carbons (Fsp3) is 0.714. The van der Waals surface area contributed by atoms with Crippen LogP contribution < -0.4 is 5.32 Å². The lowest BCUT2D eigenvalue weighted by Gasteiger charge is -2.17. The molecule has 5 heteroatoms. The van der Waals surface area contributed by atoms with Gasteiger partial charge in [-0.15, -0.1) is 0 Å². The molecule has 2 amide bonds. The molecule has 0 aliphatic heterocycles. The number of imide groups is 1. The Balaban J connectivity index is 3.96. The number of likely N-dealkylation sites (N-methyl/N-ethyl adjacent to an activating group) is 1. The molecule has 0 heterocycles. The van der Waals surface area contributed by atoms with E-state index in [4.69, 9.17) is 0 Å². The van der Waals surface area contributed by atoms with Crippen LogP contribution in [-0.2, 0) is 9.53 Å². The fourth-order valence-corrected chi connectivity index (χ4v) is 0.491. The Hall–Kier alpha value is -1.10. The van der Waals surface area contributed by atoms with Crippen molar-refractivity contribution in [2.75, 3.05) is 21.2 Å². The summed E-state index contributed by atoms with van der Waals surface area (Å²) in [7, 11) is 4.71. The second kappa shape index (κ2) is 4.71. The highest BCUT2D eigenvalue weighted by atomic mass is 16.5. The van der Waals surface area contributed by atoms with Gasteiger partial charge in [-0.25, -0.2) is 4.79 Å². The minimum atomic E-state index is -0.728. The molecule has 0 rings (SSSR count). The molecule has 0 saturated carbocycles. The van der Waals surface area contributed by atoms with Crippen LogP contribution in [-0.4, -0.2) is 44.1 Å². The van der Waals surface area contributed by atoms with Crippen molar-refractivity contribution in [2.45, 2.75) is 13.0 Å². The van der Waals surface area contributed by atoms with E-state index >= 15 is 0 Å². The summed E-state index contributed by atoms with van der Waals surface area (Å²) in [5.41, 5.74) is 0. The van der Waals surface area contributed by atoms with Crippen LogP contribution in [0.2, 0.25) is 0 Å². The van der Waals surface area contributed by atoms with Gasteiger partial charge in [-0.3, -0.25) is 15.0 Å². The highest BCUT2D eigenvalue weighted by molar-refractivity contribution is 5.94. The first-order chi connectivity index (χ1) is 5.49. The van der Waals surface area contributed by atoms with E-state index < -0.39 is 6.09 Å². The lowest BCUT2D eigenvalue weighted by molar-refractivity contribution is -0.124. The van der Waals surface area contributed by atoms with Crippen molar-refractivity contribution in [2.24, 2.45) is 0 Å². The van der Waals surface area contributed by atoms with Gasteiger partial charge in [0.05, 0.1) is 13.2 Å². The van der Waals surface area contributed by atoms with Gasteiger partial charge in [0, 0.05) is 0 Å². The van der Waals surface area contributed by atoms with Gasteiger partial charge < -0.3 is 4.74 Å². The van der Waals surface area contributed by atoms with Crippen molar-refractivity contribution < 1.29 is 14.3 Å². The molecule has 1 N–H and O–H groups in total. The van der Waals surface area contributed by atoms with Gasteiger partial charge in [-0.05, 0) is 21.0 Å². The molecule has 1 unspecified atom stereocenters. The van der Waals surface area contributed by atoms with Crippen molar-refractivity contribution in [3.63, 3.8) is 0 Å². The van der Waals surface area contributed by atoms with Crippen molar-refractivity contribution in [3.8, 4) is 0 Å². The van der Waals surface area contributed by atoms with E-state index in [1.807, 2.05) is 0 Å². The van der Waals surface area contributed by atoms with Crippen LogP contribution >= 0.6 is 0 Å². The number of ether oxygens (including phenoxy) is 1. The van der Waals surface area contributed by atoms with E-state index in [-0.39, 0.29) is 11.9 Å². The standard InChI is InChI=1S/C7H14N2O3/c1-5(9(2)3)6(10)8-7(11)12-4/h5H,1-4H3,(H,8,10,11). The number of nitrogens with one attached hydrogen (secondary N) is 1. The molecule has 0 bridgehead atoms. The van der Waals surface area contributed by atoms with Gasteiger partial charge in [0.15, 0.2) is 0 Å². The Bertz CT molecular complexity index is 179. The van der Waals surface area contributed by atoms with Gasteiger partial charge in [-0.2, -0.15) is 0 Å². The molecule has 5 nitrogen and oxygen atoms in total. The summed E-state index contributed by atoms with van der Waals surface area (Å²) in [5.74, 6) is -0.369. The molecular formula is C7H14N2O3. The van der Waals surface area contributed by atoms with Gasteiger partial charge >= 0.3 is 6.09 Å². The van der Waals surface area contributed by atoms with E-state index in [1.165, 1.54) is 7.11 Å². The smallest absolute Gasteiger partial charge is 0.413 e. The summed E-state index contributed by atoms with van der Waals surface area (Å²) in [5, 5.41) is 2.07. The van der Waals surface area contributed by atoms with Crippen LogP contribution in [0.1, 0.15) is 6.92 Å². The van der Waals surface area contributed by atoms with E-state index in [1.54, 1.807) is 25.9 Å². The molecule has 0 aromatic carbocycles. The van der Waals surface area contributed by atoms with Crippen molar-refractivity contribution >= 4 is 12.0 Å². The number of carbonyl (C=O) groups is 2. The Labute approximate surface area is 71.7 Å². The number of carbonyl (C=O) groups excluding carboxylic acids is 2. The van der Waals surface area contributed by atoms with Gasteiger partial charge in [0.25, 0.3) is 0 Å². The van der Waals surface area contributed by atoms with E-state index in [0.717, 1.165) is 0 Å². The maximum Gasteiger partial charge on any atom is 0.413 e. The summed E-state index contributed by atoms with van der Waals surface area (Å²) in [4.78, 5) is 23.4. The van der Waals surface area contributed by atoms with Crippen LogP contribution in [0.5, 0.6) is 0 Å². The molecule has 0 aliphatic rings. The van der Waals surface area contributed by atoms with Crippen molar-refractivity contribution in [1.29, 1.82) is 0 Å². The third-order valence-corrected chi connectivity index (χ3v) is 1.56. The molecule has 0 radical (unpaired) electrons. The molecule has 1 atom stereocenters. The summed E-state index contributed by atoms with van der Waals surface area (Å²) < 4.78 is 4.26. The summed E-state index contributed by atoms with van der Waals surface area (Å²) >= 11 is 0. The summed E-state index contributed by atoms with van der Waals surface area (Å²) in [6.07, 6.45) is -0.728. The molecule has 0 spiro atoms. The largest absolute Gasteiger partial charge is 0.453 e. The number of hydrogen-bond donors (Lipinski definition) is 1. The normalized spacial score (nSPS) is 12.4. The van der Waals surface area contributed by atoms with Crippen molar-refractivity contribution in [3.05, 3.63) is 0 Å². The zero-order chi connectivity index (χ0) is 9.72. The SMILES string of the molecule is COC(=O)NC(=O)C(C)N(C)C. The molecule has 0 saturated heterocycles. The predicted molar refractivity (Wildman–Crippen MR) is 43.7 cm³/mol. The number of amides is 2. The first-order valence-electron chi connectivity index (χ1n) is 3.54. The molecule has 0 aliphatic carbocycles. The predicted octanol–water partition coefficient (Wildman–Crippen LogP) is -0.181. The first kappa shape index (κ1) is 10.9. The quantitative estimate of drug-likeness (QED) is 0.631. The topological polar surface area (TPSA) is 58.6 Å². The Morgan fingerprint density at radius 1 is 1.42 bits per heavy atom. The van der Waals surface area contributed by atoms with Gasteiger partial charge in [0.2, 0.25) is 5.91 Å². The Morgan fingerprint density at radius 2 is 1.92 bits per heavy atom. The maximum absolute atomic E-state index is 11.1. The fourth-order valence-electron chi connectivity index (χ4n) is 0.491.